The monoisotopic (exact) mass is 222 g/mol. The zero-order chi connectivity index (χ0) is 11.4. The van der Waals surface area contributed by atoms with Crippen molar-refractivity contribution in [3.8, 4) is 5.75 Å². The minimum atomic E-state index is -0.101. The molecule has 1 aliphatic rings. The molecule has 4 nitrogen and oxygen atoms in total. The van der Waals surface area contributed by atoms with Gasteiger partial charge in [-0.25, -0.2) is 0 Å². The van der Waals surface area contributed by atoms with E-state index in [-0.39, 0.29) is 6.04 Å². The van der Waals surface area contributed by atoms with Crippen LogP contribution in [0.1, 0.15) is 24.6 Å². The Hall–Kier alpha value is -1.13. The summed E-state index contributed by atoms with van der Waals surface area (Å²) in [5.74, 6) is 1.11. The van der Waals surface area contributed by atoms with E-state index in [2.05, 4.69) is 4.98 Å². The standard InChI is InChI=1S/C12H18N2O2/c1-15-10-5-2-6-14-12(10)11(13)9-4-3-7-16-8-9/h2,5-6,9,11H,3-4,7-8,13H2,1H3. The smallest absolute Gasteiger partial charge is 0.141 e. The van der Waals surface area contributed by atoms with Crippen LogP contribution in [-0.2, 0) is 4.74 Å². The number of hydrogen-bond donors (Lipinski definition) is 1. The molecular weight excluding hydrogens is 204 g/mol. The number of nitrogens with two attached hydrogens (primary N) is 1. The van der Waals surface area contributed by atoms with Crippen molar-refractivity contribution in [1.82, 2.24) is 4.98 Å². The molecule has 2 unspecified atom stereocenters. The van der Waals surface area contributed by atoms with E-state index in [9.17, 15) is 0 Å². The van der Waals surface area contributed by atoms with Gasteiger partial charge in [-0.2, -0.15) is 0 Å². The minimum absolute atomic E-state index is 0.101. The van der Waals surface area contributed by atoms with Crippen molar-refractivity contribution >= 4 is 0 Å². The Morgan fingerprint density at radius 1 is 1.62 bits per heavy atom. The Balaban J connectivity index is 2.15. The molecule has 0 bridgehead atoms. The van der Waals surface area contributed by atoms with Gasteiger partial charge in [-0.1, -0.05) is 0 Å². The third-order valence-electron chi connectivity index (χ3n) is 3.04. The number of rotatable bonds is 3. The molecule has 0 amide bonds. The van der Waals surface area contributed by atoms with Gasteiger partial charge in [0.2, 0.25) is 0 Å². The molecule has 0 radical (unpaired) electrons. The number of pyridine rings is 1. The minimum Gasteiger partial charge on any atom is -0.495 e. The van der Waals surface area contributed by atoms with E-state index in [1.807, 2.05) is 12.1 Å². The van der Waals surface area contributed by atoms with Gasteiger partial charge >= 0.3 is 0 Å². The van der Waals surface area contributed by atoms with Gasteiger partial charge < -0.3 is 15.2 Å². The Bertz CT molecular complexity index is 338. The quantitative estimate of drug-likeness (QED) is 0.842. The van der Waals surface area contributed by atoms with Crippen molar-refractivity contribution in [3.63, 3.8) is 0 Å². The van der Waals surface area contributed by atoms with Gasteiger partial charge in [0.05, 0.1) is 25.5 Å². The molecule has 0 aromatic carbocycles. The van der Waals surface area contributed by atoms with Crippen LogP contribution in [0.25, 0.3) is 0 Å². The number of hydrogen-bond acceptors (Lipinski definition) is 4. The van der Waals surface area contributed by atoms with Crippen LogP contribution >= 0.6 is 0 Å². The molecule has 2 rings (SSSR count). The van der Waals surface area contributed by atoms with Crippen molar-refractivity contribution in [1.29, 1.82) is 0 Å². The molecule has 1 aromatic rings. The molecule has 0 aliphatic carbocycles. The highest BCUT2D eigenvalue weighted by Gasteiger charge is 2.25. The third kappa shape index (κ3) is 2.33. The lowest BCUT2D eigenvalue weighted by molar-refractivity contribution is 0.0439. The van der Waals surface area contributed by atoms with Crippen molar-refractivity contribution in [2.45, 2.75) is 18.9 Å². The number of methoxy groups -OCH3 is 1. The van der Waals surface area contributed by atoms with E-state index in [1.54, 1.807) is 13.3 Å². The molecule has 1 aromatic heterocycles. The zero-order valence-electron chi connectivity index (χ0n) is 9.56. The molecular formula is C12H18N2O2. The van der Waals surface area contributed by atoms with Crippen molar-refractivity contribution in [2.75, 3.05) is 20.3 Å². The lowest BCUT2D eigenvalue weighted by Gasteiger charge is -2.27. The predicted molar refractivity (Wildman–Crippen MR) is 61.3 cm³/mol. The second-order valence-electron chi connectivity index (χ2n) is 4.09. The summed E-state index contributed by atoms with van der Waals surface area (Å²) in [4.78, 5) is 4.32. The van der Waals surface area contributed by atoms with Crippen LogP contribution in [-0.4, -0.2) is 25.3 Å². The molecule has 2 N–H and O–H groups in total. The van der Waals surface area contributed by atoms with Gasteiger partial charge in [0.1, 0.15) is 5.75 Å². The highest BCUT2D eigenvalue weighted by molar-refractivity contribution is 5.29. The van der Waals surface area contributed by atoms with E-state index < -0.39 is 0 Å². The van der Waals surface area contributed by atoms with E-state index in [4.69, 9.17) is 15.2 Å². The Morgan fingerprint density at radius 3 is 3.19 bits per heavy atom. The molecule has 16 heavy (non-hydrogen) atoms. The summed E-state index contributed by atoms with van der Waals surface area (Å²) in [7, 11) is 1.64. The van der Waals surface area contributed by atoms with Crippen LogP contribution in [0.2, 0.25) is 0 Å². The molecule has 0 saturated carbocycles. The van der Waals surface area contributed by atoms with Gasteiger partial charge in [-0.3, -0.25) is 4.98 Å². The molecule has 1 saturated heterocycles. The fourth-order valence-corrected chi connectivity index (χ4v) is 2.10. The summed E-state index contributed by atoms with van der Waals surface area (Å²) in [6.45, 7) is 1.57. The first kappa shape index (κ1) is 11.4. The topological polar surface area (TPSA) is 57.4 Å². The normalized spacial score (nSPS) is 22.8. The second-order valence-corrected chi connectivity index (χ2v) is 4.09. The maximum Gasteiger partial charge on any atom is 0.141 e. The summed E-state index contributed by atoms with van der Waals surface area (Å²) in [6.07, 6.45) is 3.93. The zero-order valence-corrected chi connectivity index (χ0v) is 9.56. The Labute approximate surface area is 95.8 Å². The summed E-state index contributed by atoms with van der Waals surface area (Å²) in [5, 5.41) is 0. The summed E-state index contributed by atoms with van der Waals surface area (Å²) in [5.41, 5.74) is 7.06. The Kier molecular flexibility index (Phi) is 3.74. The Morgan fingerprint density at radius 2 is 2.50 bits per heavy atom. The maximum absolute atomic E-state index is 6.22. The van der Waals surface area contributed by atoms with Crippen molar-refractivity contribution in [3.05, 3.63) is 24.0 Å². The van der Waals surface area contributed by atoms with E-state index in [0.717, 1.165) is 37.5 Å². The average Bonchev–Trinajstić information content (AvgIpc) is 2.39. The number of ether oxygens (including phenoxy) is 2. The summed E-state index contributed by atoms with van der Waals surface area (Å²) < 4.78 is 10.7. The fraction of sp³-hybridized carbons (Fsp3) is 0.583. The summed E-state index contributed by atoms with van der Waals surface area (Å²) >= 11 is 0. The van der Waals surface area contributed by atoms with Gasteiger partial charge in [0, 0.05) is 18.7 Å². The first-order chi connectivity index (χ1) is 7.83. The van der Waals surface area contributed by atoms with E-state index in [1.165, 1.54) is 0 Å². The molecule has 1 aliphatic heterocycles. The molecule has 0 spiro atoms. The first-order valence-corrected chi connectivity index (χ1v) is 5.65. The van der Waals surface area contributed by atoms with E-state index in [0.29, 0.717) is 5.92 Å². The molecule has 1 fully saturated rings. The van der Waals surface area contributed by atoms with Crippen LogP contribution in [0.4, 0.5) is 0 Å². The highest BCUT2D eigenvalue weighted by Crippen LogP contribution is 2.30. The summed E-state index contributed by atoms with van der Waals surface area (Å²) in [6, 6.07) is 3.65. The number of aromatic nitrogens is 1. The first-order valence-electron chi connectivity index (χ1n) is 5.65. The van der Waals surface area contributed by atoms with Gasteiger partial charge in [0.25, 0.3) is 0 Å². The van der Waals surface area contributed by atoms with Crippen LogP contribution in [0.3, 0.4) is 0 Å². The molecule has 2 heterocycles. The van der Waals surface area contributed by atoms with Crippen LogP contribution < -0.4 is 10.5 Å². The second kappa shape index (κ2) is 5.27. The van der Waals surface area contributed by atoms with Crippen molar-refractivity contribution < 1.29 is 9.47 Å². The van der Waals surface area contributed by atoms with Crippen LogP contribution in [0.15, 0.2) is 18.3 Å². The highest BCUT2D eigenvalue weighted by atomic mass is 16.5. The maximum atomic E-state index is 6.22. The van der Waals surface area contributed by atoms with Crippen LogP contribution in [0, 0.1) is 5.92 Å². The van der Waals surface area contributed by atoms with Gasteiger partial charge in [-0.15, -0.1) is 0 Å². The SMILES string of the molecule is COc1cccnc1C(N)C1CCCOC1. The van der Waals surface area contributed by atoms with E-state index >= 15 is 0 Å². The van der Waals surface area contributed by atoms with Crippen molar-refractivity contribution in [2.24, 2.45) is 11.7 Å². The van der Waals surface area contributed by atoms with Crippen LogP contribution in [0.5, 0.6) is 5.75 Å². The van der Waals surface area contributed by atoms with Gasteiger partial charge in [0.15, 0.2) is 0 Å². The molecule has 2 atom stereocenters. The molecule has 88 valence electrons. The lowest BCUT2D eigenvalue weighted by Crippen LogP contribution is -2.29. The predicted octanol–water partition coefficient (Wildman–Crippen LogP) is 1.52. The third-order valence-corrected chi connectivity index (χ3v) is 3.04. The number of nitrogens with zero attached hydrogens (tertiary/aromatic N) is 1. The average molecular weight is 222 g/mol. The largest absolute Gasteiger partial charge is 0.495 e. The molecule has 4 heteroatoms. The fourth-order valence-electron chi connectivity index (χ4n) is 2.10. The van der Waals surface area contributed by atoms with Gasteiger partial charge in [-0.05, 0) is 25.0 Å². The lowest BCUT2D eigenvalue weighted by atomic mass is 9.91.